The van der Waals surface area contributed by atoms with Gasteiger partial charge in [0.05, 0.1) is 13.2 Å². The Morgan fingerprint density at radius 3 is 2.71 bits per heavy atom. The number of esters is 1. The van der Waals surface area contributed by atoms with E-state index in [1.807, 2.05) is 6.92 Å². The molecule has 17 heavy (non-hydrogen) atoms. The molecule has 1 unspecified atom stereocenters. The van der Waals surface area contributed by atoms with Crippen LogP contribution in [-0.4, -0.2) is 19.2 Å². The maximum absolute atomic E-state index is 13.8. The number of alkyl halides is 1. The van der Waals surface area contributed by atoms with Crippen molar-refractivity contribution in [3.8, 4) is 5.75 Å². The standard InChI is InChI=1S/C13H17FO3/c1-3-9-17-11-8-6-5-7-10(11)12(14)13(15)16-4-2/h5-8,12H,3-4,9H2,1-2H3. The summed E-state index contributed by atoms with van der Waals surface area (Å²) < 4.78 is 23.9. The number of para-hydroxylation sites is 1. The SMILES string of the molecule is CCCOc1ccccc1C(F)C(=O)OCC. The van der Waals surface area contributed by atoms with Crippen molar-refractivity contribution < 1.29 is 18.7 Å². The van der Waals surface area contributed by atoms with Gasteiger partial charge in [-0.05, 0) is 19.4 Å². The summed E-state index contributed by atoms with van der Waals surface area (Å²) in [5, 5.41) is 0. The van der Waals surface area contributed by atoms with Crippen LogP contribution in [-0.2, 0) is 9.53 Å². The minimum atomic E-state index is -1.79. The molecule has 1 rings (SSSR count). The first-order valence-corrected chi connectivity index (χ1v) is 5.73. The predicted molar refractivity (Wildman–Crippen MR) is 62.7 cm³/mol. The van der Waals surface area contributed by atoms with Gasteiger partial charge in [-0.25, -0.2) is 9.18 Å². The van der Waals surface area contributed by atoms with Crippen molar-refractivity contribution in [3.05, 3.63) is 29.8 Å². The van der Waals surface area contributed by atoms with Gasteiger partial charge >= 0.3 is 5.97 Å². The maximum Gasteiger partial charge on any atom is 0.345 e. The van der Waals surface area contributed by atoms with Crippen molar-refractivity contribution in [3.63, 3.8) is 0 Å². The van der Waals surface area contributed by atoms with Crippen molar-refractivity contribution in [1.82, 2.24) is 0 Å². The summed E-state index contributed by atoms with van der Waals surface area (Å²) in [6, 6.07) is 6.59. The van der Waals surface area contributed by atoms with Gasteiger partial charge in [-0.1, -0.05) is 25.1 Å². The first kappa shape index (κ1) is 13.5. The van der Waals surface area contributed by atoms with Crippen LogP contribution in [0.4, 0.5) is 4.39 Å². The van der Waals surface area contributed by atoms with E-state index in [9.17, 15) is 9.18 Å². The van der Waals surface area contributed by atoms with Crippen LogP contribution in [0.2, 0.25) is 0 Å². The number of rotatable bonds is 6. The van der Waals surface area contributed by atoms with Gasteiger partial charge in [0.1, 0.15) is 5.75 Å². The fourth-order valence-electron chi connectivity index (χ4n) is 1.38. The molecule has 0 heterocycles. The van der Waals surface area contributed by atoms with Crippen LogP contribution in [0.25, 0.3) is 0 Å². The van der Waals surface area contributed by atoms with Crippen LogP contribution in [0.5, 0.6) is 5.75 Å². The third-order valence-electron chi connectivity index (χ3n) is 2.15. The number of hydrogen-bond acceptors (Lipinski definition) is 3. The lowest BCUT2D eigenvalue weighted by Gasteiger charge is -2.13. The van der Waals surface area contributed by atoms with Gasteiger partial charge in [-0.2, -0.15) is 0 Å². The molecule has 1 aromatic rings. The summed E-state index contributed by atoms with van der Waals surface area (Å²) in [6.45, 7) is 4.26. The Bertz CT molecular complexity index is 365. The normalized spacial score (nSPS) is 11.9. The van der Waals surface area contributed by atoms with Crippen LogP contribution in [0.1, 0.15) is 32.0 Å². The monoisotopic (exact) mass is 240 g/mol. The molecule has 0 radical (unpaired) electrons. The van der Waals surface area contributed by atoms with Gasteiger partial charge in [0.2, 0.25) is 6.17 Å². The van der Waals surface area contributed by atoms with Crippen molar-refractivity contribution >= 4 is 5.97 Å². The van der Waals surface area contributed by atoms with Gasteiger partial charge in [0, 0.05) is 5.56 Å². The highest BCUT2D eigenvalue weighted by Gasteiger charge is 2.24. The average Bonchev–Trinajstić information content (AvgIpc) is 2.36. The van der Waals surface area contributed by atoms with Crippen molar-refractivity contribution in [2.45, 2.75) is 26.4 Å². The van der Waals surface area contributed by atoms with Crippen molar-refractivity contribution in [2.75, 3.05) is 13.2 Å². The molecule has 94 valence electrons. The second-order valence-electron chi connectivity index (χ2n) is 3.50. The van der Waals surface area contributed by atoms with E-state index in [1.165, 1.54) is 6.07 Å². The minimum absolute atomic E-state index is 0.164. The lowest BCUT2D eigenvalue weighted by Crippen LogP contribution is -2.13. The summed E-state index contributed by atoms with van der Waals surface area (Å²) >= 11 is 0. The molecule has 0 bridgehead atoms. The molecular formula is C13H17FO3. The topological polar surface area (TPSA) is 35.5 Å². The number of halogens is 1. The van der Waals surface area contributed by atoms with E-state index in [2.05, 4.69) is 4.74 Å². The fourth-order valence-corrected chi connectivity index (χ4v) is 1.38. The Morgan fingerprint density at radius 1 is 1.35 bits per heavy atom. The molecule has 0 N–H and O–H groups in total. The lowest BCUT2D eigenvalue weighted by molar-refractivity contribution is -0.149. The van der Waals surface area contributed by atoms with Gasteiger partial charge in [0.25, 0.3) is 0 Å². The zero-order chi connectivity index (χ0) is 12.7. The van der Waals surface area contributed by atoms with Crippen molar-refractivity contribution in [1.29, 1.82) is 0 Å². The van der Waals surface area contributed by atoms with Crippen molar-refractivity contribution in [2.24, 2.45) is 0 Å². The molecule has 0 saturated carbocycles. The summed E-state index contributed by atoms with van der Waals surface area (Å²) in [5.74, 6) is -0.477. The van der Waals surface area contributed by atoms with Crippen LogP contribution in [0, 0.1) is 0 Å². The summed E-state index contributed by atoms with van der Waals surface area (Å²) in [4.78, 5) is 11.3. The third kappa shape index (κ3) is 3.73. The Hall–Kier alpha value is -1.58. The molecule has 0 fully saturated rings. The highest BCUT2D eigenvalue weighted by molar-refractivity contribution is 5.77. The van der Waals surface area contributed by atoms with E-state index in [-0.39, 0.29) is 12.2 Å². The first-order chi connectivity index (χ1) is 8.20. The molecule has 0 aromatic heterocycles. The Kier molecular flexibility index (Phi) is 5.46. The third-order valence-corrected chi connectivity index (χ3v) is 2.15. The molecule has 0 aliphatic rings. The van der Waals surface area contributed by atoms with E-state index in [0.717, 1.165) is 6.42 Å². The van der Waals surface area contributed by atoms with E-state index in [0.29, 0.717) is 12.4 Å². The maximum atomic E-state index is 13.8. The molecule has 0 saturated heterocycles. The number of ether oxygens (including phenoxy) is 2. The highest BCUT2D eigenvalue weighted by Crippen LogP contribution is 2.28. The van der Waals surface area contributed by atoms with Crippen LogP contribution in [0.3, 0.4) is 0 Å². The van der Waals surface area contributed by atoms with Gasteiger partial charge in [-0.3, -0.25) is 0 Å². The zero-order valence-electron chi connectivity index (χ0n) is 10.1. The minimum Gasteiger partial charge on any atom is -0.493 e. The second-order valence-corrected chi connectivity index (χ2v) is 3.50. The Balaban J connectivity index is 2.84. The fraction of sp³-hybridized carbons (Fsp3) is 0.462. The number of benzene rings is 1. The van der Waals surface area contributed by atoms with Crippen LogP contribution < -0.4 is 4.74 Å². The van der Waals surface area contributed by atoms with E-state index < -0.39 is 12.1 Å². The smallest absolute Gasteiger partial charge is 0.345 e. The average molecular weight is 240 g/mol. The molecule has 4 heteroatoms. The van der Waals surface area contributed by atoms with E-state index >= 15 is 0 Å². The van der Waals surface area contributed by atoms with E-state index in [4.69, 9.17) is 4.74 Å². The molecule has 1 atom stereocenters. The molecule has 3 nitrogen and oxygen atoms in total. The highest BCUT2D eigenvalue weighted by atomic mass is 19.1. The number of carbonyl (C=O) groups excluding carboxylic acids is 1. The Morgan fingerprint density at radius 2 is 2.06 bits per heavy atom. The molecular weight excluding hydrogens is 223 g/mol. The predicted octanol–water partition coefficient (Wildman–Crippen LogP) is 3.05. The molecule has 0 aliphatic heterocycles. The second kappa shape index (κ2) is 6.89. The lowest BCUT2D eigenvalue weighted by atomic mass is 10.1. The van der Waals surface area contributed by atoms with Gasteiger partial charge < -0.3 is 9.47 Å². The van der Waals surface area contributed by atoms with Crippen LogP contribution in [0.15, 0.2) is 24.3 Å². The molecule has 1 aromatic carbocycles. The Labute approximate surface area is 101 Å². The number of carbonyl (C=O) groups is 1. The van der Waals surface area contributed by atoms with Gasteiger partial charge in [0.15, 0.2) is 0 Å². The van der Waals surface area contributed by atoms with Crippen LogP contribution >= 0.6 is 0 Å². The zero-order valence-corrected chi connectivity index (χ0v) is 10.1. The summed E-state index contributed by atoms with van der Waals surface area (Å²) in [7, 11) is 0. The largest absolute Gasteiger partial charge is 0.493 e. The number of hydrogen-bond donors (Lipinski definition) is 0. The first-order valence-electron chi connectivity index (χ1n) is 5.73. The molecule has 0 amide bonds. The van der Waals surface area contributed by atoms with Gasteiger partial charge in [-0.15, -0.1) is 0 Å². The summed E-state index contributed by atoms with van der Waals surface area (Å²) in [6.07, 6.45) is -0.965. The molecule has 0 spiro atoms. The quantitative estimate of drug-likeness (QED) is 0.717. The summed E-state index contributed by atoms with van der Waals surface area (Å²) in [5.41, 5.74) is 0.222. The molecule has 0 aliphatic carbocycles. The van der Waals surface area contributed by atoms with E-state index in [1.54, 1.807) is 25.1 Å².